The van der Waals surface area contributed by atoms with Gasteiger partial charge in [-0.1, -0.05) is 14.5 Å². The molecule has 0 bridgehead atoms. The van der Waals surface area contributed by atoms with Gasteiger partial charge in [-0.2, -0.15) is 9.49 Å². The Hall–Kier alpha value is -4.17. The second-order valence-electron chi connectivity index (χ2n) is 13.1. The average molecular weight is 929 g/mol. The number of nitrogens with two attached hydrogens (primary N) is 1. The number of carbonyl (C=O) groups excluding carboxylic acids is 2. The van der Waals surface area contributed by atoms with Crippen LogP contribution in [0.1, 0.15) is 38.5 Å². The number of hydrazone groups is 1. The van der Waals surface area contributed by atoms with Gasteiger partial charge in [-0.25, -0.2) is 18.0 Å². The van der Waals surface area contributed by atoms with Crippen LogP contribution in [0.5, 0.6) is 11.5 Å². The number of amides is 2. The van der Waals surface area contributed by atoms with Gasteiger partial charge in [0.15, 0.2) is 17.5 Å². The van der Waals surface area contributed by atoms with Crippen LogP contribution in [0, 0.1) is 23.3 Å². The number of unbranched alkanes of at least 4 members (excludes halogenated alkanes) is 1. The molecule has 0 aliphatic carbocycles. The third kappa shape index (κ3) is 21.4. The highest BCUT2D eigenvalue weighted by atomic mass is 31.0. The van der Waals surface area contributed by atoms with Gasteiger partial charge in [-0.3, -0.25) is 20.2 Å². The summed E-state index contributed by atoms with van der Waals surface area (Å²) in [4.78, 5) is 28.4. The monoisotopic (exact) mass is 928 g/mol. The molecule has 0 aromatic heterocycles. The molecule has 2 aromatic rings. The third-order valence-electron chi connectivity index (χ3n) is 8.48. The topological polar surface area (TPSA) is 278 Å². The van der Waals surface area contributed by atoms with Gasteiger partial charge in [0.05, 0.1) is 90.3 Å². The van der Waals surface area contributed by atoms with Crippen molar-refractivity contribution in [2.75, 3.05) is 84.9 Å². The second-order valence-corrected chi connectivity index (χ2v) is 13.7. The molecule has 9 N–H and O–H groups in total. The van der Waals surface area contributed by atoms with Gasteiger partial charge in [0.2, 0.25) is 17.9 Å². The van der Waals surface area contributed by atoms with E-state index in [0.717, 1.165) is 7.11 Å². The van der Waals surface area contributed by atoms with Gasteiger partial charge < -0.3 is 65.0 Å². The van der Waals surface area contributed by atoms with E-state index in [0.29, 0.717) is 69.3 Å². The highest BCUT2D eigenvalue weighted by Gasteiger charge is 2.38. The molecule has 3 rings (SSSR count). The number of nitrogens with one attached hydrogen (secondary N) is 2. The van der Waals surface area contributed by atoms with E-state index in [1.807, 2.05) is 0 Å². The molecule has 1 aliphatic rings. The minimum absolute atomic E-state index is 0.0166. The predicted molar refractivity (Wildman–Crippen MR) is 220 cm³/mol. The van der Waals surface area contributed by atoms with Gasteiger partial charge >= 0.3 is 12.0 Å². The number of hydrogen-bond acceptors (Lipinski definition) is 18. The predicted octanol–water partition coefficient (Wildman–Crippen LogP) is 1.78. The number of urea groups is 1. The van der Waals surface area contributed by atoms with E-state index < -0.39 is 77.3 Å². The van der Waals surface area contributed by atoms with E-state index in [-0.39, 0.29) is 57.6 Å². The Morgan fingerprint density at radius 3 is 2.13 bits per heavy atom. The number of aliphatic hydroxyl groups is 3. The molecule has 356 valence electrons. The summed E-state index contributed by atoms with van der Waals surface area (Å²) in [5, 5.41) is 53.6. The lowest BCUT2D eigenvalue weighted by Crippen LogP contribution is -2.51. The summed E-state index contributed by atoms with van der Waals surface area (Å²) in [6.45, 7) is 2.32. The number of esters is 1. The first-order valence-electron chi connectivity index (χ1n) is 19.6. The molecule has 0 saturated carbocycles. The molecule has 2 amide bonds. The summed E-state index contributed by atoms with van der Waals surface area (Å²) in [5.74, 6) is -3.80. The molecule has 1 fully saturated rings. The highest BCUT2D eigenvalue weighted by Crippen LogP contribution is 2.28. The minimum Gasteiger partial charge on any atom is -0.462 e. The number of anilines is 1. The van der Waals surface area contributed by atoms with Crippen LogP contribution in [0.25, 0.3) is 0 Å². The summed E-state index contributed by atoms with van der Waals surface area (Å²) in [7, 11) is 2.57. The van der Waals surface area contributed by atoms with Crippen LogP contribution >= 0.6 is 9.24 Å². The fourth-order valence-electron chi connectivity index (χ4n) is 5.27. The number of rotatable bonds is 28. The maximum absolute atomic E-state index is 13.9. The molecular weight excluding hydrogens is 871 g/mol. The van der Waals surface area contributed by atoms with Gasteiger partial charge in [0, 0.05) is 37.3 Å². The van der Waals surface area contributed by atoms with Crippen molar-refractivity contribution in [3.63, 3.8) is 0 Å². The molecule has 5 atom stereocenters. The number of hydrogen-bond donors (Lipinski definition) is 8. The number of carbonyl (C=O) groups is 2. The van der Waals surface area contributed by atoms with Crippen molar-refractivity contribution in [1.82, 2.24) is 10.5 Å². The van der Waals surface area contributed by atoms with Crippen LogP contribution in [-0.2, 0) is 28.5 Å². The molecule has 5 unspecified atom stereocenters. The number of benzene rings is 2. The molecule has 0 radical (unpaired) electrons. The Kier molecular flexibility index (Phi) is 27.6. The number of ether oxygens (including phenoxy) is 7. The summed E-state index contributed by atoms with van der Waals surface area (Å²) in [6.07, 6.45) is -0.819. The first-order chi connectivity index (χ1) is 30.3. The van der Waals surface area contributed by atoms with Crippen molar-refractivity contribution in [1.29, 1.82) is 0 Å². The van der Waals surface area contributed by atoms with E-state index in [1.54, 1.807) is 39.7 Å². The minimum atomic E-state index is -1.96. The fraction of sp³-hybridized carbons (Fsp3) is 0.579. The molecule has 20 nitrogen and oxygen atoms in total. The van der Waals surface area contributed by atoms with Crippen molar-refractivity contribution in [3.8, 4) is 11.5 Å². The number of aliphatic imine (C=N–C) groups is 1. The summed E-state index contributed by atoms with van der Waals surface area (Å²) in [5.41, 5.74) is 1.07. The van der Waals surface area contributed by atoms with Gasteiger partial charge in [0.1, 0.15) is 11.9 Å². The van der Waals surface area contributed by atoms with E-state index in [9.17, 15) is 37.4 Å². The molecule has 1 saturated heterocycles. The highest BCUT2D eigenvalue weighted by molar-refractivity contribution is 7.27. The van der Waals surface area contributed by atoms with Crippen LogP contribution in [0.15, 0.2) is 34.4 Å². The van der Waals surface area contributed by atoms with Crippen LogP contribution in [0.3, 0.4) is 0 Å². The summed E-state index contributed by atoms with van der Waals surface area (Å²) >= 11 is 0. The lowest BCUT2D eigenvalue weighted by Gasteiger charge is -2.37. The number of halogens is 4. The van der Waals surface area contributed by atoms with Crippen LogP contribution in [0.4, 0.5) is 28.0 Å². The van der Waals surface area contributed by atoms with Crippen molar-refractivity contribution in [3.05, 3.63) is 47.5 Å². The van der Waals surface area contributed by atoms with Crippen LogP contribution < -0.4 is 31.3 Å². The molecular formula is C38H57F4N6O14P. The van der Waals surface area contributed by atoms with Crippen molar-refractivity contribution in [2.45, 2.75) is 63.1 Å². The third-order valence-corrected chi connectivity index (χ3v) is 8.98. The molecule has 0 spiro atoms. The Balaban J connectivity index is 0.00000672. The second kappa shape index (κ2) is 31.6. The zero-order valence-corrected chi connectivity index (χ0v) is 35.8. The first-order valence-corrected chi connectivity index (χ1v) is 20.2. The zero-order chi connectivity index (χ0) is 46.6. The van der Waals surface area contributed by atoms with E-state index in [2.05, 4.69) is 25.5 Å². The SMILES string of the molecule is CO.N/N=C(\C=NCCOCCOCCOCCOCCC(=O)Oc1c(F)c(F)c(F)c(P)c1F)CCCCNC(=O)Nc1ccc(OC2OC(CCN(O)O)CC(O)C2O)cc1. The molecule has 63 heavy (non-hydrogen) atoms. The standard InChI is InChI=1S/C37H53F4N6O13P.CH4O/c38-29-30(39)34(32(41)35(61)31(29)40)60-28(49)9-13-54-15-17-56-19-20-57-18-16-55-14-11-43-22-24(46-42)3-1-2-10-44-37(51)45-23-4-6-25(7-5-23)58-36-33(50)27(48)21-26(59-36)8-12-47(52)53;1-2/h4-7,22,26-27,33,36,48,50,52-53H,1-3,8-21,42,61H2,(H2,44,45,51);2H,1H3/b43-22?,46-24-;. The Morgan fingerprint density at radius 2 is 1.51 bits per heavy atom. The zero-order valence-electron chi connectivity index (χ0n) is 34.6. The van der Waals surface area contributed by atoms with Crippen molar-refractivity contribution >= 4 is 44.2 Å². The van der Waals surface area contributed by atoms with E-state index in [1.165, 1.54) is 0 Å². The van der Waals surface area contributed by atoms with Crippen LogP contribution in [-0.4, -0.2) is 159 Å². The number of aliphatic hydroxyl groups excluding tert-OH is 3. The fourth-order valence-corrected chi connectivity index (χ4v) is 5.53. The van der Waals surface area contributed by atoms with E-state index >= 15 is 0 Å². The van der Waals surface area contributed by atoms with Gasteiger partial charge in [-0.05, 0) is 49.9 Å². The van der Waals surface area contributed by atoms with Gasteiger partial charge in [0.25, 0.3) is 0 Å². The number of hydroxylamine groups is 2. The number of nitrogens with zero attached hydrogens (tertiary/aromatic N) is 3. The molecule has 2 aromatic carbocycles. The van der Waals surface area contributed by atoms with Gasteiger partial charge in [-0.15, -0.1) is 0 Å². The quantitative estimate of drug-likeness (QED) is 0.00577. The van der Waals surface area contributed by atoms with E-state index in [4.69, 9.17) is 49.8 Å². The maximum Gasteiger partial charge on any atom is 0.319 e. The van der Waals surface area contributed by atoms with Crippen molar-refractivity contribution in [2.24, 2.45) is 15.9 Å². The van der Waals surface area contributed by atoms with Crippen LogP contribution in [0.2, 0.25) is 0 Å². The Bertz CT molecular complexity index is 1680. The summed E-state index contributed by atoms with van der Waals surface area (Å²) in [6, 6.07) is 5.90. The lowest BCUT2D eigenvalue weighted by molar-refractivity contribution is -0.312. The molecule has 1 heterocycles. The normalized spacial score (nSPS) is 17.7. The molecule has 1 aliphatic heterocycles. The average Bonchev–Trinajstić information content (AvgIpc) is 3.27. The largest absolute Gasteiger partial charge is 0.462 e. The smallest absolute Gasteiger partial charge is 0.319 e. The molecule has 25 heteroatoms. The Labute approximate surface area is 363 Å². The Morgan fingerprint density at radius 1 is 0.889 bits per heavy atom. The first kappa shape index (κ1) is 55.0. The maximum atomic E-state index is 13.9. The lowest BCUT2D eigenvalue weighted by atomic mass is 10.0. The van der Waals surface area contributed by atoms with Crippen molar-refractivity contribution < 1.29 is 86.0 Å². The summed E-state index contributed by atoms with van der Waals surface area (Å²) < 4.78 is 91.7.